The quantitative estimate of drug-likeness (QED) is 0.629. The minimum atomic E-state index is -0.228. The molecule has 0 N–H and O–H groups in total. The second-order valence-electron chi connectivity index (χ2n) is 8.33. The number of amides is 2. The SMILES string of the molecule is C=CCN1CC(C(=O)N(C)CC2CCN(CCc3ccccc3F)CC2)CC1=O. The summed E-state index contributed by atoms with van der Waals surface area (Å²) in [4.78, 5) is 30.6. The molecule has 1 aromatic carbocycles. The second kappa shape index (κ2) is 10.0. The van der Waals surface area contributed by atoms with Gasteiger partial charge >= 0.3 is 0 Å². The summed E-state index contributed by atoms with van der Waals surface area (Å²) >= 11 is 0. The summed E-state index contributed by atoms with van der Waals surface area (Å²) in [5.41, 5.74) is 0.775. The van der Waals surface area contributed by atoms with Crippen LogP contribution in [-0.2, 0) is 16.0 Å². The third-order valence-corrected chi connectivity index (χ3v) is 6.18. The molecule has 158 valence electrons. The largest absolute Gasteiger partial charge is 0.345 e. The molecule has 2 aliphatic heterocycles. The molecule has 2 amide bonds. The lowest BCUT2D eigenvalue weighted by Gasteiger charge is -2.34. The van der Waals surface area contributed by atoms with E-state index in [0.29, 0.717) is 25.4 Å². The van der Waals surface area contributed by atoms with Gasteiger partial charge in [-0.3, -0.25) is 9.59 Å². The zero-order chi connectivity index (χ0) is 20.8. The van der Waals surface area contributed by atoms with Crippen molar-refractivity contribution in [1.82, 2.24) is 14.7 Å². The molecular formula is C23H32FN3O2. The molecule has 1 aromatic rings. The highest BCUT2D eigenvalue weighted by atomic mass is 19.1. The van der Waals surface area contributed by atoms with Crippen molar-refractivity contribution in [2.75, 3.05) is 46.3 Å². The summed E-state index contributed by atoms with van der Waals surface area (Å²) in [5, 5.41) is 0. The van der Waals surface area contributed by atoms with Gasteiger partial charge in [-0.05, 0) is 49.9 Å². The maximum Gasteiger partial charge on any atom is 0.227 e. The first kappa shape index (κ1) is 21.5. The third kappa shape index (κ3) is 5.66. The van der Waals surface area contributed by atoms with Crippen molar-refractivity contribution in [2.45, 2.75) is 25.7 Å². The number of hydrogen-bond acceptors (Lipinski definition) is 3. The van der Waals surface area contributed by atoms with E-state index in [1.165, 1.54) is 6.07 Å². The highest BCUT2D eigenvalue weighted by molar-refractivity contribution is 5.89. The van der Waals surface area contributed by atoms with Gasteiger partial charge in [0.15, 0.2) is 0 Å². The molecule has 0 aromatic heterocycles. The van der Waals surface area contributed by atoms with Crippen LogP contribution < -0.4 is 0 Å². The van der Waals surface area contributed by atoms with E-state index in [1.54, 1.807) is 17.0 Å². The zero-order valence-corrected chi connectivity index (χ0v) is 17.4. The van der Waals surface area contributed by atoms with Crippen molar-refractivity contribution < 1.29 is 14.0 Å². The maximum absolute atomic E-state index is 13.8. The first-order chi connectivity index (χ1) is 14.0. The summed E-state index contributed by atoms with van der Waals surface area (Å²) in [7, 11) is 1.85. The Hall–Kier alpha value is -2.21. The van der Waals surface area contributed by atoms with E-state index >= 15 is 0 Å². The Kier molecular flexibility index (Phi) is 7.42. The summed E-state index contributed by atoms with van der Waals surface area (Å²) in [6, 6.07) is 6.97. The summed E-state index contributed by atoms with van der Waals surface area (Å²) in [6.45, 7) is 8.26. The number of likely N-dealkylation sites (tertiary alicyclic amines) is 2. The van der Waals surface area contributed by atoms with Gasteiger partial charge < -0.3 is 14.7 Å². The van der Waals surface area contributed by atoms with Gasteiger partial charge in [-0.25, -0.2) is 4.39 Å². The molecule has 5 nitrogen and oxygen atoms in total. The van der Waals surface area contributed by atoms with Crippen LogP contribution in [-0.4, -0.2) is 72.8 Å². The van der Waals surface area contributed by atoms with Gasteiger partial charge in [-0.1, -0.05) is 24.3 Å². The average molecular weight is 402 g/mol. The molecule has 3 rings (SSSR count). The molecule has 2 heterocycles. The maximum atomic E-state index is 13.8. The highest BCUT2D eigenvalue weighted by Gasteiger charge is 2.35. The molecule has 0 spiro atoms. The molecule has 1 atom stereocenters. The van der Waals surface area contributed by atoms with E-state index < -0.39 is 0 Å². The van der Waals surface area contributed by atoms with E-state index in [4.69, 9.17) is 0 Å². The fraction of sp³-hybridized carbons (Fsp3) is 0.565. The number of carbonyl (C=O) groups excluding carboxylic acids is 2. The summed E-state index contributed by atoms with van der Waals surface area (Å²) < 4.78 is 13.8. The molecule has 2 saturated heterocycles. The Labute approximate surface area is 173 Å². The molecular weight excluding hydrogens is 369 g/mol. The van der Waals surface area contributed by atoms with Crippen LogP contribution in [0.15, 0.2) is 36.9 Å². The van der Waals surface area contributed by atoms with Crippen molar-refractivity contribution in [2.24, 2.45) is 11.8 Å². The van der Waals surface area contributed by atoms with Crippen LogP contribution in [0.4, 0.5) is 4.39 Å². The van der Waals surface area contributed by atoms with Crippen molar-refractivity contribution in [3.63, 3.8) is 0 Å². The van der Waals surface area contributed by atoms with Crippen molar-refractivity contribution >= 4 is 11.8 Å². The highest BCUT2D eigenvalue weighted by Crippen LogP contribution is 2.23. The molecule has 0 aliphatic carbocycles. The lowest BCUT2D eigenvalue weighted by molar-refractivity contribution is -0.135. The first-order valence-electron chi connectivity index (χ1n) is 10.6. The third-order valence-electron chi connectivity index (χ3n) is 6.18. The normalized spacial score (nSPS) is 20.8. The minimum absolute atomic E-state index is 0.0415. The topological polar surface area (TPSA) is 43.9 Å². The fourth-order valence-electron chi connectivity index (χ4n) is 4.43. The summed E-state index contributed by atoms with van der Waals surface area (Å²) in [6.07, 6.45) is 4.83. The first-order valence-corrected chi connectivity index (χ1v) is 10.6. The minimum Gasteiger partial charge on any atom is -0.345 e. The second-order valence-corrected chi connectivity index (χ2v) is 8.33. The Morgan fingerprint density at radius 1 is 1.31 bits per heavy atom. The number of rotatable bonds is 8. The molecule has 2 fully saturated rings. The van der Waals surface area contributed by atoms with Crippen molar-refractivity contribution in [1.29, 1.82) is 0 Å². The lowest BCUT2D eigenvalue weighted by atomic mass is 9.95. The number of benzene rings is 1. The van der Waals surface area contributed by atoms with E-state index in [-0.39, 0.29) is 23.5 Å². The van der Waals surface area contributed by atoms with Crippen LogP contribution in [0.3, 0.4) is 0 Å². The van der Waals surface area contributed by atoms with Gasteiger partial charge in [0, 0.05) is 39.6 Å². The zero-order valence-electron chi connectivity index (χ0n) is 17.4. The molecule has 29 heavy (non-hydrogen) atoms. The molecule has 0 bridgehead atoms. The van der Waals surface area contributed by atoms with E-state index in [9.17, 15) is 14.0 Å². The number of hydrogen-bond donors (Lipinski definition) is 0. The van der Waals surface area contributed by atoms with Crippen LogP contribution in [0.1, 0.15) is 24.8 Å². The number of piperidine rings is 1. The monoisotopic (exact) mass is 401 g/mol. The summed E-state index contributed by atoms with van der Waals surface area (Å²) in [5.74, 6) is 0.245. The number of nitrogens with zero attached hydrogens (tertiary/aromatic N) is 3. The van der Waals surface area contributed by atoms with Gasteiger partial charge in [0.25, 0.3) is 0 Å². The predicted molar refractivity (Wildman–Crippen MR) is 112 cm³/mol. The Bertz CT molecular complexity index is 731. The Morgan fingerprint density at radius 2 is 2.03 bits per heavy atom. The van der Waals surface area contributed by atoms with E-state index in [0.717, 1.165) is 51.0 Å². The standard InChI is InChI=1S/C23H32FN3O2/c1-3-11-27-17-20(15-22(27)28)23(29)25(2)16-18-8-12-26(13-9-18)14-10-19-6-4-5-7-21(19)24/h3-7,18,20H,1,8-17H2,2H3. The van der Waals surface area contributed by atoms with Gasteiger partial charge in [0.2, 0.25) is 11.8 Å². The van der Waals surface area contributed by atoms with Crippen molar-refractivity contribution in [3.05, 3.63) is 48.3 Å². The van der Waals surface area contributed by atoms with Crippen LogP contribution in [0.25, 0.3) is 0 Å². The molecule has 0 saturated carbocycles. The Balaban J connectivity index is 1.40. The lowest BCUT2D eigenvalue weighted by Crippen LogP contribution is -2.42. The molecule has 2 aliphatic rings. The fourth-order valence-corrected chi connectivity index (χ4v) is 4.43. The Morgan fingerprint density at radius 3 is 2.72 bits per heavy atom. The number of halogens is 1. The van der Waals surface area contributed by atoms with Gasteiger partial charge in [-0.15, -0.1) is 6.58 Å². The van der Waals surface area contributed by atoms with Gasteiger partial charge in [-0.2, -0.15) is 0 Å². The van der Waals surface area contributed by atoms with Crippen LogP contribution in [0.2, 0.25) is 0 Å². The smallest absolute Gasteiger partial charge is 0.227 e. The predicted octanol–water partition coefficient (Wildman–Crippen LogP) is 2.57. The van der Waals surface area contributed by atoms with Crippen LogP contribution in [0.5, 0.6) is 0 Å². The van der Waals surface area contributed by atoms with Crippen LogP contribution >= 0.6 is 0 Å². The van der Waals surface area contributed by atoms with Crippen LogP contribution in [0, 0.1) is 17.7 Å². The number of carbonyl (C=O) groups is 2. The van der Waals surface area contributed by atoms with Gasteiger partial charge in [0.05, 0.1) is 5.92 Å². The molecule has 6 heteroatoms. The molecule has 0 radical (unpaired) electrons. The average Bonchev–Trinajstić information content (AvgIpc) is 3.08. The van der Waals surface area contributed by atoms with E-state index in [2.05, 4.69) is 11.5 Å². The van der Waals surface area contributed by atoms with Gasteiger partial charge in [0.1, 0.15) is 5.82 Å². The van der Waals surface area contributed by atoms with Crippen molar-refractivity contribution in [3.8, 4) is 0 Å². The molecule has 1 unspecified atom stereocenters. The van der Waals surface area contributed by atoms with E-state index in [1.807, 2.05) is 24.1 Å².